The molecule has 0 aromatic heterocycles. The van der Waals surface area contributed by atoms with Gasteiger partial charge in [0, 0.05) is 19.3 Å². The number of hydrazone groups is 1. The molecule has 1 fully saturated rings. The van der Waals surface area contributed by atoms with E-state index in [0.29, 0.717) is 10.7 Å². The van der Waals surface area contributed by atoms with Crippen molar-refractivity contribution >= 4 is 34.7 Å². The summed E-state index contributed by atoms with van der Waals surface area (Å²) in [6, 6.07) is 5.84. The van der Waals surface area contributed by atoms with Crippen LogP contribution in [0.2, 0.25) is 0 Å². The summed E-state index contributed by atoms with van der Waals surface area (Å²) in [4.78, 5) is 38.2. The van der Waals surface area contributed by atoms with Crippen molar-refractivity contribution in [1.82, 2.24) is 15.6 Å². The Kier molecular flexibility index (Phi) is 6.40. The van der Waals surface area contributed by atoms with Gasteiger partial charge in [0.05, 0.1) is 7.11 Å². The van der Waals surface area contributed by atoms with Crippen LogP contribution >= 0.6 is 11.8 Å². The number of hydrogen-bond donors (Lipinski definition) is 2. The normalized spacial score (nSPS) is 16.4. The molecule has 0 bridgehead atoms. The lowest BCUT2D eigenvalue weighted by Gasteiger charge is -2.18. The first-order valence-electron chi connectivity index (χ1n) is 7.60. The van der Waals surface area contributed by atoms with Gasteiger partial charge in [-0.3, -0.25) is 9.59 Å². The van der Waals surface area contributed by atoms with E-state index < -0.39 is 23.8 Å². The maximum atomic E-state index is 12.6. The van der Waals surface area contributed by atoms with E-state index in [-0.39, 0.29) is 0 Å². The maximum Gasteiger partial charge on any atom is 0.407 e. The van der Waals surface area contributed by atoms with Gasteiger partial charge in [0.15, 0.2) is 5.17 Å². The van der Waals surface area contributed by atoms with Crippen molar-refractivity contribution in [2.24, 2.45) is 5.10 Å². The van der Waals surface area contributed by atoms with Gasteiger partial charge in [-0.2, -0.15) is 0 Å². The van der Waals surface area contributed by atoms with Crippen molar-refractivity contribution in [2.45, 2.75) is 13.0 Å². The van der Waals surface area contributed by atoms with Crippen LogP contribution in [0.15, 0.2) is 29.4 Å². The second-order valence-electron chi connectivity index (χ2n) is 5.40. The van der Waals surface area contributed by atoms with Crippen molar-refractivity contribution in [3.8, 4) is 0 Å². The van der Waals surface area contributed by atoms with Crippen LogP contribution in [0.5, 0.6) is 0 Å². The predicted octanol–water partition coefficient (Wildman–Crippen LogP) is 1.03. The number of rotatable bonds is 5. The smallest absolute Gasteiger partial charge is 0.407 e. The molecule has 2 N–H and O–H groups in total. The van der Waals surface area contributed by atoms with Gasteiger partial charge >= 0.3 is 12.0 Å². The predicted molar refractivity (Wildman–Crippen MR) is 95.1 cm³/mol. The molecule has 134 valence electrons. The average molecular weight is 364 g/mol. The summed E-state index contributed by atoms with van der Waals surface area (Å²) in [5.74, 6) is -0.859. The van der Waals surface area contributed by atoms with Gasteiger partial charge in [-0.25, -0.2) is 10.2 Å². The lowest BCUT2D eigenvalue weighted by atomic mass is 9.98. The molecule has 1 aliphatic heterocycles. The molecule has 1 heterocycles. The Morgan fingerprint density at radius 1 is 1.32 bits per heavy atom. The number of benzene rings is 1. The Labute approximate surface area is 150 Å². The zero-order valence-electron chi connectivity index (χ0n) is 14.2. The third-order valence-electron chi connectivity index (χ3n) is 3.67. The number of alkyl carbamates (subject to hydrolysis) is 1. The summed E-state index contributed by atoms with van der Waals surface area (Å²) in [6.45, 7) is 2.61. The monoisotopic (exact) mass is 364 g/mol. The number of hydrogen-bond acceptors (Lipinski definition) is 6. The molecule has 1 aromatic rings. The lowest BCUT2D eigenvalue weighted by molar-refractivity contribution is -0.139. The molecule has 0 radical (unpaired) electrons. The minimum Gasteiger partial charge on any atom is -0.453 e. The third kappa shape index (κ3) is 4.72. The molecule has 0 spiro atoms. The Hall–Kier alpha value is -2.55. The summed E-state index contributed by atoms with van der Waals surface area (Å²) in [5, 5.41) is 7.00. The van der Waals surface area contributed by atoms with Crippen LogP contribution in [0.3, 0.4) is 0 Å². The van der Waals surface area contributed by atoms with Crippen molar-refractivity contribution in [3.63, 3.8) is 0 Å². The van der Waals surface area contributed by atoms with E-state index in [1.807, 2.05) is 11.9 Å². The van der Waals surface area contributed by atoms with E-state index in [0.717, 1.165) is 17.9 Å². The number of ether oxygens (including phenoxy) is 1. The van der Waals surface area contributed by atoms with Crippen molar-refractivity contribution < 1.29 is 19.1 Å². The summed E-state index contributed by atoms with van der Waals surface area (Å²) in [5.41, 5.74) is 3.55. The van der Waals surface area contributed by atoms with Gasteiger partial charge < -0.3 is 15.0 Å². The van der Waals surface area contributed by atoms with Gasteiger partial charge in [-0.1, -0.05) is 36.0 Å². The molecule has 0 aliphatic carbocycles. The van der Waals surface area contributed by atoms with Gasteiger partial charge in [-0.15, -0.1) is 5.10 Å². The number of amides is 2. The molecule has 2 rings (SSSR count). The standard InChI is InChI=1S/C16H20N4O4S/c1-10-6-4-5-7-11(10)12(17-16(23)24-3)13(21)14(22)18-19-15-20(2)8-9-25-15/h4-7,12H,8-9H2,1-3H3,(H,17,23)(H,18,22). The second kappa shape index (κ2) is 8.52. The third-order valence-corrected chi connectivity index (χ3v) is 4.72. The van der Waals surface area contributed by atoms with E-state index >= 15 is 0 Å². The SMILES string of the molecule is COC(=O)NC(C(=O)C(=O)NN=C1SCCN1C)c1ccccc1C. The summed E-state index contributed by atoms with van der Waals surface area (Å²) >= 11 is 1.49. The molecule has 1 aliphatic rings. The van der Waals surface area contributed by atoms with Crippen molar-refractivity contribution in [2.75, 3.05) is 26.5 Å². The van der Waals surface area contributed by atoms with E-state index in [1.165, 1.54) is 18.9 Å². The molecule has 1 atom stereocenters. The number of amidine groups is 1. The van der Waals surface area contributed by atoms with Gasteiger partial charge in [0.1, 0.15) is 6.04 Å². The van der Waals surface area contributed by atoms with Crippen LogP contribution in [0.4, 0.5) is 4.79 Å². The highest BCUT2D eigenvalue weighted by molar-refractivity contribution is 8.14. The number of methoxy groups -OCH3 is 1. The molecule has 9 heteroatoms. The van der Waals surface area contributed by atoms with E-state index in [4.69, 9.17) is 0 Å². The van der Waals surface area contributed by atoms with Gasteiger partial charge in [-0.05, 0) is 18.1 Å². The molecule has 1 saturated heterocycles. The highest BCUT2D eigenvalue weighted by Crippen LogP contribution is 2.19. The summed E-state index contributed by atoms with van der Waals surface area (Å²) in [6.07, 6.45) is -0.799. The molecule has 1 unspecified atom stereocenters. The highest BCUT2D eigenvalue weighted by Gasteiger charge is 2.30. The second-order valence-corrected chi connectivity index (χ2v) is 6.46. The fraction of sp³-hybridized carbons (Fsp3) is 0.375. The van der Waals surface area contributed by atoms with Crippen LogP contribution in [0.1, 0.15) is 17.2 Å². The van der Waals surface area contributed by atoms with Crippen LogP contribution < -0.4 is 10.7 Å². The summed E-state index contributed by atoms with van der Waals surface area (Å²) < 4.78 is 4.56. The molecule has 2 amide bonds. The Bertz CT molecular complexity index is 707. The first-order chi connectivity index (χ1) is 11.9. The number of carbonyl (C=O) groups excluding carboxylic acids is 3. The molecular formula is C16H20N4O4S. The number of carbonyl (C=O) groups is 3. The van der Waals surface area contributed by atoms with Crippen LogP contribution in [0.25, 0.3) is 0 Å². The highest BCUT2D eigenvalue weighted by atomic mass is 32.2. The molecular weight excluding hydrogens is 344 g/mol. The van der Waals surface area contributed by atoms with E-state index in [2.05, 4.69) is 20.6 Å². The molecule has 1 aromatic carbocycles. The first-order valence-corrected chi connectivity index (χ1v) is 8.58. The Morgan fingerprint density at radius 3 is 2.64 bits per heavy atom. The topological polar surface area (TPSA) is 100 Å². The van der Waals surface area contributed by atoms with Crippen molar-refractivity contribution in [3.05, 3.63) is 35.4 Å². The fourth-order valence-electron chi connectivity index (χ4n) is 2.25. The number of aryl methyl sites for hydroxylation is 1. The fourth-order valence-corrected chi connectivity index (χ4v) is 3.22. The largest absolute Gasteiger partial charge is 0.453 e. The Balaban J connectivity index is 2.18. The summed E-state index contributed by atoms with van der Waals surface area (Å²) in [7, 11) is 3.04. The molecule has 25 heavy (non-hydrogen) atoms. The van der Waals surface area contributed by atoms with E-state index in [1.54, 1.807) is 31.2 Å². The zero-order chi connectivity index (χ0) is 18.4. The van der Waals surface area contributed by atoms with Crippen LogP contribution in [-0.2, 0) is 14.3 Å². The quantitative estimate of drug-likeness (QED) is 0.598. The zero-order valence-corrected chi connectivity index (χ0v) is 15.1. The van der Waals surface area contributed by atoms with E-state index in [9.17, 15) is 14.4 Å². The molecule has 0 saturated carbocycles. The van der Waals surface area contributed by atoms with Crippen LogP contribution in [-0.4, -0.2) is 54.3 Å². The number of Topliss-reactive ketones (excluding diaryl/α,β-unsaturated/α-hetero) is 1. The van der Waals surface area contributed by atoms with Crippen molar-refractivity contribution in [1.29, 1.82) is 0 Å². The minimum absolute atomic E-state index is 0.521. The average Bonchev–Trinajstić information content (AvgIpc) is 3.02. The number of thioether (sulfide) groups is 1. The Morgan fingerprint density at radius 2 is 2.04 bits per heavy atom. The van der Waals surface area contributed by atoms with Crippen LogP contribution in [0, 0.1) is 6.92 Å². The number of nitrogens with one attached hydrogen (secondary N) is 2. The number of ketones is 1. The maximum absolute atomic E-state index is 12.6. The first kappa shape index (κ1) is 18.8. The minimum atomic E-state index is -1.15. The number of nitrogens with zero attached hydrogens (tertiary/aromatic N) is 2. The van der Waals surface area contributed by atoms with Gasteiger partial charge in [0.2, 0.25) is 5.78 Å². The molecule has 8 nitrogen and oxygen atoms in total. The van der Waals surface area contributed by atoms with Gasteiger partial charge in [0.25, 0.3) is 0 Å². The lowest BCUT2D eigenvalue weighted by Crippen LogP contribution is -2.41.